The fourth-order valence-electron chi connectivity index (χ4n) is 1.42. The standard InChI is InChI=1S/C13H18N2O4/c1-9(13(17)19-3)15-12(16)8-14-10-4-6-11(18-2)7-5-10/h4-7,9,14H,8H2,1-3H3,(H,15,16)/t9-/m0/s1. The number of carbonyl (C=O) groups excluding carboxylic acids is 2. The molecule has 19 heavy (non-hydrogen) atoms. The molecule has 6 heteroatoms. The van der Waals surface area contributed by atoms with E-state index in [4.69, 9.17) is 4.74 Å². The Balaban J connectivity index is 2.39. The van der Waals surface area contributed by atoms with Crippen molar-refractivity contribution in [2.75, 3.05) is 26.1 Å². The van der Waals surface area contributed by atoms with E-state index < -0.39 is 12.0 Å². The van der Waals surface area contributed by atoms with E-state index in [2.05, 4.69) is 15.4 Å². The van der Waals surface area contributed by atoms with Crippen LogP contribution >= 0.6 is 0 Å². The van der Waals surface area contributed by atoms with Crippen molar-refractivity contribution in [1.82, 2.24) is 5.32 Å². The molecule has 0 spiro atoms. The van der Waals surface area contributed by atoms with Gasteiger partial charge in [0.25, 0.3) is 0 Å². The first-order valence-electron chi connectivity index (χ1n) is 5.82. The molecule has 0 aliphatic rings. The lowest BCUT2D eigenvalue weighted by Gasteiger charge is -2.12. The van der Waals surface area contributed by atoms with Gasteiger partial charge in [-0.3, -0.25) is 4.79 Å². The van der Waals surface area contributed by atoms with Gasteiger partial charge in [0.2, 0.25) is 5.91 Å². The van der Waals surface area contributed by atoms with Crippen LogP contribution in [0.3, 0.4) is 0 Å². The minimum absolute atomic E-state index is 0.0770. The van der Waals surface area contributed by atoms with Crippen LogP contribution in [0.2, 0.25) is 0 Å². The summed E-state index contributed by atoms with van der Waals surface area (Å²) in [6.45, 7) is 1.64. The summed E-state index contributed by atoms with van der Waals surface area (Å²) in [6, 6.07) is 6.52. The van der Waals surface area contributed by atoms with Gasteiger partial charge in [-0.15, -0.1) is 0 Å². The van der Waals surface area contributed by atoms with Crippen molar-refractivity contribution >= 4 is 17.6 Å². The van der Waals surface area contributed by atoms with Crippen LogP contribution in [0.15, 0.2) is 24.3 Å². The Kier molecular flexibility index (Phi) is 5.66. The largest absolute Gasteiger partial charge is 0.497 e. The molecule has 1 aromatic rings. The summed E-state index contributed by atoms with van der Waals surface area (Å²) in [6.07, 6.45) is 0. The van der Waals surface area contributed by atoms with Gasteiger partial charge in [0, 0.05) is 5.69 Å². The Bertz CT molecular complexity index is 431. The monoisotopic (exact) mass is 266 g/mol. The van der Waals surface area contributed by atoms with Crippen molar-refractivity contribution in [1.29, 1.82) is 0 Å². The summed E-state index contributed by atoms with van der Waals surface area (Å²) in [4.78, 5) is 22.7. The van der Waals surface area contributed by atoms with E-state index in [1.807, 2.05) is 0 Å². The number of hydrogen-bond donors (Lipinski definition) is 2. The van der Waals surface area contributed by atoms with Crippen LogP contribution in [0.4, 0.5) is 5.69 Å². The maximum absolute atomic E-state index is 11.6. The smallest absolute Gasteiger partial charge is 0.328 e. The molecule has 0 aromatic heterocycles. The third-order valence-corrected chi connectivity index (χ3v) is 2.48. The first-order valence-corrected chi connectivity index (χ1v) is 5.82. The van der Waals surface area contributed by atoms with Gasteiger partial charge in [0.1, 0.15) is 11.8 Å². The van der Waals surface area contributed by atoms with E-state index in [-0.39, 0.29) is 12.5 Å². The van der Waals surface area contributed by atoms with E-state index in [1.54, 1.807) is 38.3 Å². The summed E-state index contributed by atoms with van der Waals surface area (Å²) >= 11 is 0. The molecule has 0 saturated carbocycles. The second-order valence-electron chi connectivity index (χ2n) is 3.89. The maximum Gasteiger partial charge on any atom is 0.328 e. The van der Waals surface area contributed by atoms with Gasteiger partial charge < -0.3 is 20.1 Å². The quantitative estimate of drug-likeness (QED) is 0.744. The highest BCUT2D eigenvalue weighted by molar-refractivity contribution is 5.86. The van der Waals surface area contributed by atoms with Crippen molar-refractivity contribution in [2.24, 2.45) is 0 Å². The average molecular weight is 266 g/mol. The van der Waals surface area contributed by atoms with Crippen LogP contribution in [0, 0.1) is 0 Å². The molecule has 1 aromatic carbocycles. The minimum Gasteiger partial charge on any atom is -0.497 e. The van der Waals surface area contributed by atoms with Crippen molar-refractivity contribution in [2.45, 2.75) is 13.0 Å². The Morgan fingerprint density at radius 2 is 1.84 bits per heavy atom. The zero-order valence-corrected chi connectivity index (χ0v) is 11.2. The van der Waals surface area contributed by atoms with Crippen LogP contribution in [-0.2, 0) is 14.3 Å². The second-order valence-corrected chi connectivity index (χ2v) is 3.89. The number of hydrogen-bond acceptors (Lipinski definition) is 5. The van der Waals surface area contributed by atoms with Gasteiger partial charge in [-0.25, -0.2) is 4.79 Å². The summed E-state index contributed by atoms with van der Waals surface area (Å²) in [7, 11) is 2.87. The van der Waals surface area contributed by atoms with Gasteiger partial charge in [0.15, 0.2) is 0 Å². The number of ether oxygens (including phenoxy) is 2. The maximum atomic E-state index is 11.6. The summed E-state index contributed by atoms with van der Waals surface area (Å²) in [5.41, 5.74) is 0.793. The third-order valence-electron chi connectivity index (χ3n) is 2.48. The average Bonchev–Trinajstić information content (AvgIpc) is 2.44. The first kappa shape index (κ1) is 14.8. The highest BCUT2D eigenvalue weighted by atomic mass is 16.5. The lowest BCUT2D eigenvalue weighted by atomic mass is 10.3. The molecule has 0 bridgehead atoms. The molecule has 0 aliphatic heterocycles. The van der Waals surface area contributed by atoms with Crippen LogP contribution in [0.25, 0.3) is 0 Å². The number of carbonyl (C=O) groups is 2. The van der Waals surface area contributed by atoms with Crippen LogP contribution in [0.5, 0.6) is 5.75 Å². The third kappa shape index (κ3) is 4.87. The molecule has 1 rings (SSSR count). The molecule has 0 saturated heterocycles. The Morgan fingerprint density at radius 3 is 2.37 bits per heavy atom. The molecular weight excluding hydrogens is 248 g/mol. The van der Waals surface area contributed by atoms with Crippen molar-refractivity contribution in [3.05, 3.63) is 24.3 Å². The molecule has 1 amide bonds. The molecule has 104 valence electrons. The fourth-order valence-corrected chi connectivity index (χ4v) is 1.42. The summed E-state index contributed by atoms with van der Waals surface area (Å²) in [5.74, 6) is -0.0131. The van der Waals surface area contributed by atoms with Crippen LogP contribution < -0.4 is 15.4 Å². The van der Waals surface area contributed by atoms with E-state index in [1.165, 1.54) is 7.11 Å². The highest BCUT2D eigenvalue weighted by Crippen LogP contribution is 2.14. The summed E-state index contributed by atoms with van der Waals surface area (Å²) < 4.78 is 9.54. The lowest BCUT2D eigenvalue weighted by molar-refractivity contribution is -0.144. The topological polar surface area (TPSA) is 76.7 Å². The zero-order chi connectivity index (χ0) is 14.3. The molecule has 1 atom stereocenters. The van der Waals surface area contributed by atoms with Gasteiger partial charge in [-0.1, -0.05) is 0 Å². The fraction of sp³-hybridized carbons (Fsp3) is 0.385. The van der Waals surface area contributed by atoms with Crippen molar-refractivity contribution in [3.63, 3.8) is 0 Å². The number of methoxy groups -OCH3 is 2. The Hall–Kier alpha value is -2.24. The first-order chi connectivity index (χ1) is 9.06. The summed E-state index contributed by atoms with van der Waals surface area (Å²) in [5, 5.41) is 5.46. The van der Waals surface area contributed by atoms with Crippen molar-refractivity contribution < 1.29 is 19.1 Å². The Labute approximate surface area is 112 Å². The van der Waals surface area contributed by atoms with Gasteiger partial charge >= 0.3 is 5.97 Å². The lowest BCUT2D eigenvalue weighted by Crippen LogP contribution is -2.41. The SMILES string of the molecule is COC(=O)[C@H](C)NC(=O)CNc1ccc(OC)cc1. The van der Waals surface area contributed by atoms with Crippen molar-refractivity contribution in [3.8, 4) is 5.75 Å². The molecule has 6 nitrogen and oxygen atoms in total. The number of amides is 1. The molecule has 0 fully saturated rings. The predicted molar refractivity (Wildman–Crippen MR) is 71.1 cm³/mol. The minimum atomic E-state index is -0.657. The number of benzene rings is 1. The molecule has 0 heterocycles. The van der Waals surface area contributed by atoms with Crippen LogP contribution in [-0.4, -0.2) is 38.7 Å². The number of nitrogens with one attached hydrogen (secondary N) is 2. The molecule has 0 unspecified atom stereocenters. The van der Waals surface area contributed by atoms with Gasteiger partial charge in [0.05, 0.1) is 20.8 Å². The number of rotatable bonds is 6. The molecule has 0 aliphatic carbocycles. The van der Waals surface area contributed by atoms with E-state index >= 15 is 0 Å². The van der Waals surface area contributed by atoms with E-state index in [9.17, 15) is 9.59 Å². The number of anilines is 1. The number of esters is 1. The van der Waals surface area contributed by atoms with E-state index in [0.29, 0.717) is 0 Å². The Morgan fingerprint density at radius 1 is 1.21 bits per heavy atom. The van der Waals surface area contributed by atoms with E-state index in [0.717, 1.165) is 11.4 Å². The predicted octanol–water partition coefficient (Wildman–Crippen LogP) is 0.785. The molecule has 0 radical (unpaired) electrons. The highest BCUT2D eigenvalue weighted by Gasteiger charge is 2.15. The molecular formula is C13H18N2O4. The van der Waals surface area contributed by atoms with Gasteiger partial charge in [-0.05, 0) is 31.2 Å². The van der Waals surface area contributed by atoms with Gasteiger partial charge in [-0.2, -0.15) is 0 Å². The zero-order valence-electron chi connectivity index (χ0n) is 11.2. The van der Waals surface area contributed by atoms with Crippen LogP contribution in [0.1, 0.15) is 6.92 Å². The normalized spacial score (nSPS) is 11.3. The second kappa shape index (κ2) is 7.25. The molecule has 2 N–H and O–H groups in total.